The molecule has 1 fully saturated rings. The maximum absolute atomic E-state index is 14.6. The van der Waals surface area contributed by atoms with Crippen LogP contribution in [-0.4, -0.2) is 54.4 Å². The van der Waals surface area contributed by atoms with Crippen molar-refractivity contribution < 1.29 is 39.8 Å². The van der Waals surface area contributed by atoms with Crippen LogP contribution in [0.4, 0.5) is 33.6 Å². The average Bonchev–Trinajstić information content (AvgIpc) is 3.49. The van der Waals surface area contributed by atoms with Gasteiger partial charge in [0.1, 0.15) is 29.5 Å². The second kappa shape index (κ2) is 12.4. The van der Waals surface area contributed by atoms with Gasteiger partial charge in [0.05, 0.1) is 11.3 Å². The number of nitrogens with two attached hydrogens (primary N) is 1. The van der Waals surface area contributed by atoms with Crippen LogP contribution in [0.5, 0.6) is 17.2 Å². The Bertz CT molecular complexity index is 1810. The number of hydrogen-bond donors (Lipinski definition) is 3. The normalized spacial score (nSPS) is 15.2. The standard InChI is InChI=1S/C28H23F5N6O4S/c29-13-42-25-22(32)20(30)21(31)23(33)26(25)44(40,41)39-11-10-16(12-39)38-28-19(27(35)36-14-37-28)24(34)15-6-8-18(9-7-15)43-17-4-2-1-3-5-17/h1-9,14,16,34H,10-13H2,(H3,35,36,37,38)/t16-/m1/s1. The Morgan fingerprint density at radius 3 is 2.32 bits per heavy atom. The molecule has 1 aliphatic heterocycles. The molecule has 10 nitrogen and oxygen atoms in total. The van der Waals surface area contributed by atoms with Crippen LogP contribution < -0.4 is 20.5 Å². The summed E-state index contributed by atoms with van der Waals surface area (Å²) in [4.78, 5) is 6.45. The highest BCUT2D eigenvalue weighted by Crippen LogP contribution is 2.37. The lowest BCUT2D eigenvalue weighted by Crippen LogP contribution is -2.33. The predicted octanol–water partition coefficient (Wildman–Crippen LogP) is 5.00. The number of rotatable bonds is 10. The number of para-hydroxylation sites is 1. The topological polar surface area (TPSA) is 144 Å². The van der Waals surface area contributed by atoms with E-state index < -0.39 is 56.8 Å². The summed E-state index contributed by atoms with van der Waals surface area (Å²) in [5.74, 6) is -9.60. The monoisotopic (exact) mass is 634 g/mol. The van der Waals surface area contributed by atoms with E-state index in [0.29, 0.717) is 21.4 Å². The first-order valence-corrected chi connectivity index (χ1v) is 14.3. The molecule has 0 amide bonds. The van der Waals surface area contributed by atoms with Gasteiger partial charge in [0, 0.05) is 24.7 Å². The third-order valence-electron chi connectivity index (χ3n) is 6.72. The van der Waals surface area contributed by atoms with Gasteiger partial charge in [-0.25, -0.2) is 35.9 Å². The molecule has 4 N–H and O–H groups in total. The molecule has 0 unspecified atom stereocenters. The minimum absolute atomic E-state index is 0.0491. The molecule has 4 aromatic rings. The van der Waals surface area contributed by atoms with Gasteiger partial charge in [-0.15, -0.1) is 0 Å². The summed E-state index contributed by atoms with van der Waals surface area (Å²) < 4.78 is 107. The van der Waals surface area contributed by atoms with Crippen molar-refractivity contribution in [3.8, 4) is 17.2 Å². The Kier molecular flexibility index (Phi) is 8.64. The Hall–Kier alpha value is -4.83. The SMILES string of the molecule is N=C(c1ccc(Oc2ccccc2)cc1)c1c(N)ncnc1N[C@@H]1CCN(S(=O)(=O)c2c(F)c(F)c(F)c(F)c2OCF)C1. The fourth-order valence-electron chi connectivity index (χ4n) is 4.61. The first-order chi connectivity index (χ1) is 21.0. The molecule has 0 spiro atoms. The maximum Gasteiger partial charge on any atom is 0.250 e. The number of nitrogens with one attached hydrogen (secondary N) is 2. The fraction of sp³-hybridized carbons (Fsp3) is 0.179. The van der Waals surface area contributed by atoms with Crippen LogP contribution in [0.25, 0.3) is 0 Å². The Morgan fingerprint density at radius 2 is 1.64 bits per heavy atom. The van der Waals surface area contributed by atoms with Crippen molar-refractivity contribution in [1.29, 1.82) is 5.41 Å². The molecule has 1 atom stereocenters. The highest BCUT2D eigenvalue weighted by Gasteiger charge is 2.41. The van der Waals surface area contributed by atoms with Crippen molar-refractivity contribution in [1.82, 2.24) is 14.3 Å². The highest BCUT2D eigenvalue weighted by molar-refractivity contribution is 7.89. The maximum atomic E-state index is 14.6. The van der Waals surface area contributed by atoms with E-state index >= 15 is 0 Å². The van der Waals surface area contributed by atoms with Crippen LogP contribution in [0, 0.1) is 28.7 Å². The highest BCUT2D eigenvalue weighted by atomic mass is 32.2. The third kappa shape index (κ3) is 5.85. The molecule has 0 bridgehead atoms. The number of sulfonamides is 1. The summed E-state index contributed by atoms with van der Waals surface area (Å²) in [6.45, 7) is -2.48. The number of benzene rings is 3. The number of nitrogens with zero attached hydrogens (tertiary/aromatic N) is 3. The van der Waals surface area contributed by atoms with Gasteiger partial charge < -0.3 is 20.5 Å². The van der Waals surface area contributed by atoms with Crippen LogP contribution in [0.2, 0.25) is 0 Å². The smallest absolute Gasteiger partial charge is 0.250 e. The van der Waals surface area contributed by atoms with E-state index in [1.165, 1.54) is 0 Å². The van der Waals surface area contributed by atoms with E-state index in [2.05, 4.69) is 20.0 Å². The number of alkyl halides is 1. The van der Waals surface area contributed by atoms with E-state index in [0.717, 1.165) is 6.33 Å². The quantitative estimate of drug-likeness (QED) is 0.0957. The zero-order valence-corrected chi connectivity index (χ0v) is 23.3. The molecule has 5 rings (SSSR count). The van der Waals surface area contributed by atoms with Gasteiger partial charge in [0.2, 0.25) is 28.5 Å². The minimum atomic E-state index is -5.05. The van der Waals surface area contributed by atoms with E-state index in [9.17, 15) is 30.4 Å². The van der Waals surface area contributed by atoms with Gasteiger partial charge in [-0.05, 0) is 42.8 Å². The van der Waals surface area contributed by atoms with Crippen molar-refractivity contribution in [2.75, 3.05) is 31.0 Å². The molecule has 16 heteroatoms. The Labute approximate surface area is 247 Å². The van der Waals surface area contributed by atoms with Gasteiger partial charge in [0.25, 0.3) is 0 Å². The van der Waals surface area contributed by atoms with Crippen molar-refractivity contribution in [2.45, 2.75) is 17.4 Å². The van der Waals surface area contributed by atoms with Gasteiger partial charge in [0.15, 0.2) is 22.3 Å². The molecular weight excluding hydrogens is 611 g/mol. The third-order valence-corrected chi connectivity index (χ3v) is 8.61. The number of nitrogen functional groups attached to an aromatic ring is 1. The molecule has 3 aromatic carbocycles. The lowest BCUT2D eigenvalue weighted by molar-refractivity contribution is 0.173. The zero-order chi connectivity index (χ0) is 31.6. The summed E-state index contributed by atoms with van der Waals surface area (Å²) in [6, 6.07) is 14.9. The van der Waals surface area contributed by atoms with Crippen molar-refractivity contribution >= 4 is 27.4 Å². The van der Waals surface area contributed by atoms with Crippen LogP contribution in [0.1, 0.15) is 17.5 Å². The number of hydrogen-bond acceptors (Lipinski definition) is 9. The second-order valence-electron chi connectivity index (χ2n) is 9.46. The summed E-state index contributed by atoms with van der Waals surface area (Å²) in [6.07, 6.45) is 1.23. The summed E-state index contributed by atoms with van der Waals surface area (Å²) >= 11 is 0. The van der Waals surface area contributed by atoms with Crippen molar-refractivity contribution in [3.05, 3.63) is 95.3 Å². The van der Waals surface area contributed by atoms with Crippen LogP contribution in [0.15, 0.2) is 65.8 Å². The lowest BCUT2D eigenvalue weighted by Gasteiger charge is -2.21. The number of anilines is 2. The van der Waals surface area contributed by atoms with Gasteiger partial charge >= 0.3 is 0 Å². The zero-order valence-electron chi connectivity index (χ0n) is 22.5. The Morgan fingerprint density at radius 1 is 0.977 bits per heavy atom. The van der Waals surface area contributed by atoms with Gasteiger partial charge in [-0.3, -0.25) is 5.41 Å². The van der Waals surface area contributed by atoms with Crippen LogP contribution in [-0.2, 0) is 10.0 Å². The number of aromatic nitrogens is 2. The van der Waals surface area contributed by atoms with Gasteiger partial charge in [-0.1, -0.05) is 18.2 Å². The molecule has 1 aliphatic rings. The number of halogens is 5. The number of ether oxygens (including phenoxy) is 2. The molecule has 230 valence electrons. The lowest BCUT2D eigenvalue weighted by atomic mass is 10.0. The van der Waals surface area contributed by atoms with Crippen molar-refractivity contribution in [2.24, 2.45) is 0 Å². The largest absolute Gasteiger partial charge is 0.458 e. The van der Waals surface area contributed by atoms with E-state index in [4.69, 9.17) is 15.9 Å². The molecule has 0 saturated carbocycles. The minimum Gasteiger partial charge on any atom is -0.458 e. The molecule has 1 saturated heterocycles. The fourth-order valence-corrected chi connectivity index (χ4v) is 6.28. The summed E-state index contributed by atoms with van der Waals surface area (Å²) in [5.41, 5.74) is 6.57. The van der Waals surface area contributed by atoms with Gasteiger partial charge in [-0.2, -0.15) is 8.70 Å². The first-order valence-electron chi connectivity index (χ1n) is 12.9. The molecular formula is C28H23F5N6O4S. The van der Waals surface area contributed by atoms with Crippen molar-refractivity contribution in [3.63, 3.8) is 0 Å². The van der Waals surface area contributed by atoms with E-state index in [-0.39, 0.29) is 42.4 Å². The van der Waals surface area contributed by atoms with E-state index in [1.54, 1.807) is 36.4 Å². The summed E-state index contributed by atoms with van der Waals surface area (Å²) in [7, 11) is -5.05. The first kappa shape index (κ1) is 30.6. The molecule has 2 heterocycles. The molecule has 1 aromatic heterocycles. The average molecular weight is 635 g/mol. The van der Waals surface area contributed by atoms with Crippen LogP contribution >= 0.6 is 0 Å². The Balaban J connectivity index is 1.36. The second-order valence-corrected chi connectivity index (χ2v) is 11.3. The predicted molar refractivity (Wildman–Crippen MR) is 149 cm³/mol. The summed E-state index contributed by atoms with van der Waals surface area (Å²) in [5, 5.41) is 11.8. The molecule has 0 aliphatic carbocycles. The van der Waals surface area contributed by atoms with E-state index in [1.807, 2.05) is 18.2 Å². The molecule has 0 radical (unpaired) electrons. The van der Waals surface area contributed by atoms with Crippen LogP contribution in [0.3, 0.4) is 0 Å². The molecule has 44 heavy (non-hydrogen) atoms.